The van der Waals surface area contributed by atoms with Crippen LogP contribution in [0.5, 0.6) is 0 Å². The van der Waals surface area contributed by atoms with Gasteiger partial charge >= 0.3 is 0 Å². The summed E-state index contributed by atoms with van der Waals surface area (Å²) in [6.45, 7) is 3.81. The quantitative estimate of drug-likeness (QED) is 0.475. The molecule has 2 aromatic rings. The molecule has 2 aliphatic rings. The maximum Gasteiger partial charge on any atom is 0.270 e. The SMILES string of the molecule is Cc1ccccc1N1C(=O)/C(=C/c2ccc(N3CCCCCC3)o2)C(=O)NC1=S. The number of nitrogens with zero attached hydrogens (tertiary/aromatic N) is 2. The van der Waals surface area contributed by atoms with Crippen LogP contribution in [0.15, 0.2) is 46.4 Å². The lowest BCUT2D eigenvalue weighted by molar-refractivity contribution is -0.122. The Hall–Kier alpha value is -2.93. The molecule has 0 atom stereocenters. The standard InChI is InChI=1S/C22H23N3O3S/c1-15-8-4-5-9-18(15)25-21(27)17(20(26)23-22(25)29)14-16-10-11-19(28-16)24-12-6-2-3-7-13-24/h4-5,8-11,14H,2-3,6-7,12-13H2,1H3,(H,23,26,29)/b17-14+. The van der Waals surface area contributed by atoms with Gasteiger partial charge in [0, 0.05) is 19.2 Å². The number of rotatable bonds is 3. The highest BCUT2D eigenvalue weighted by atomic mass is 32.1. The van der Waals surface area contributed by atoms with Crippen molar-refractivity contribution >= 4 is 46.8 Å². The maximum absolute atomic E-state index is 13.1. The first kappa shape index (κ1) is 19.4. The lowest BCUT2D eigenvalue weighted by Gasteiger charge is -2.29. The van der Waals surface area contributed by atoms with Gasteiger partial charge in [0.25, 0.3) is 11.8 Å². The lowest BCUT2D eigenvalue weighted by atomic mass is 10.1. The van der Waals surface area contributed by atoms with Crippen LogP contribution in [0.2, 0.25) is 0 Å². The summed E-state index contributed by atoms with van der Waals surface area (Å²) >= 11 is 5.26. The smallest absolute Gasteiger partial charge is 0.270 e. The predicted octanol–water partition coefficient (Wildman–Crippen LogP) is 3.80. The van der Waals surface area contributed by atoms with E-state index in [1.807, 2.05) is 31.2 Å². The number of carbonyl (C=O) groups excluding carboxylic acids is 2. The van der Waals surface area contributed by atoms with Crippen LogP contribution in [0.25, 0.3) is 6.08 Å². The van der Waals surface area contributed by atoms with Gasteiger partial charge in [0.1, 0.15) is 11.3 Å². The number of nitrogens with one attached hydrogen (secondary N) is 1. The monoisotopic (exact) mass is 409 g/mol. The van der Waals surface area contributed by atoms with Gasteiger partial charge in [-0.15, -0.1) is 0 Å². The van der Waals surface area contributed by atoms with Crippen LogP contribution < -0.4 is 15.1 Å². The molecular formula is C22H23N3O3S. The van der Waals surface area contributed by atoms with Crippen molar-refractivity contribution in [2.75, 3.05) is 22.9 Å². The molecule has 4 rings (SSSR count). The second-order valence-corrected chi connectivity index (χ2v) is 7.71. The molecule has 3 heterocycles. The number of hydrogen-bond donors (Lipinski definition) is 1. The Kier molecular flexibility index (Phi) is 5.49. The third-order valence-corrected chi connectivity index (χ3v) is 5.56. The number of carbonyl (C=O) groups is 2. The Labute approximate surface area is 175 Å². The van der Waals surface area contributed by atoms with Crippen molar-refractivity contribution in [3.05, 3.63) is 53.3 Å². The molecule has 0 aliphatic carbocycles. The minimum atomic E-state index is -0.516. The molecule has 1 aromatic carbocycles. The molecule has 0 saturated carbocycles. The fraction of sp³-hybridized carbons (Fsp3) is 0.318. The van der Waals surface area contributed by atoms with Gasteiger partial charge in [-0.25, -0.2) is 0 Å². The highest BCUT2D eigenvalue weighted by Crippen LogP contribution is 2.27. The average molecular weight is 410 g/mol. The normalized spacial score (nSPS) is 19.5. The van der Waals surface area contributed by atoms with Crippen molar-refractivity contribution in [3.8, 4) is 0 Å². The van der Waals surface area contributed by atoms with Crippen LogP contribution in [-0.4, -0.2) is 30.0 Å². The van der Waals surface area contributed by atoms with E-state index in [1.54, 1.807) is 12.1 Å². The van der Waals surface area contributed by atoms with E-state index in [0.717, 1.165) is 37.4 Å². The minimum Gasteiger partial charge on any atom is -0.441 e. The Morgan fingerprint density at radius 2 is 1.76 bits per heavy atom. The van der Waals surface area contributed by atoms with Gasteiger partial charge in [-0.3, -0.25) is 19.8 Å². The number of benzene rings is 1. The van der Waals surface area contributed by atoms with Crippen LogP contribution in [0.1, 0.15) is 37.0 Å². The zero-order chi connectivity index (χ0) is 20.4. The predicted molar refractivity (Wildman–Crippen MR) is 117 cm³/mol. The van der Waals surface area contributed by atoms with Gasteiger partial charge < -0.3 is 9.32 Å². The molecule has 7 heteroatoms. The molecule has 150 valence electrons. The van der Waals surface area contributed by atoms with E-state index in [9.17, 15) is 9.59 Å². The van der Waals surface area contributed by atoms with Gasteiger partial charge in [-0.1, -0.05) is 31.0 Å². The summed E-state index contributed by atoms with van der Waals surface area (Å²) in [5.41, 5.74) is 1.54. The van der Waals surface area contributed by atoms with E-state index in [0.29, 0.717) is 11.4 Å². The Balaban J connectivity index is 1.62. The van der Waals surface area contributed by atoms with E-state index < -0.39 is 11.8 Å². The average Bonchev–Trinajstić information content (AvgIpc) is 2.99. The first-order chi connectivity index (χ1) is 14.0. The number of amides is 2. The van der Waals surface area contributed by atoms with Crippen LogP contribution >= 0.6 is 12.2 Å². The Bertz CT molecular complexity index is 987. The summed E-state index contributed by atoms with van der Waals surface area (Å²) in [5.74, 6) is 0.271. The van der Waals surface area contributed by atoms with Gasteiger partial charge in [0.15, 0.2) is 11.0 Å². The first-order valence-corrected chi connectivity index (χ1v) is 10.3. The molecule has 2 aliphatic heterocycles. The number of hydrogen-bond acceptors (Lipinski definition) is 5. The molecule has 0 unspecified atom stereocenters. The van der Waals surface area contributed by atoms with Crippen molar-refractivity contribution < 1.29 is 14.0 Å². The second-order valence-electron chi connectivity index (χ2n) is 7.32. The third-order valence-electron chi connectivity index (χ3n) is 5.27. The van der Waals surface area contributed by atoms with Gasteiger partial charge in [-0.2, -0.15) is 0 Å². The van der Waals surface area contributed by atoms with Gasteiger partial charge in [0.2, 0.25) is 0 Å². The highest BCUT2D eigenvalue weighted by molar-refractivity contribution is 7.80. The highest BCUT2D eigenvalue weighted by Gasteiger charge is 2.35. The van der Waals surface area contributed by atoms with Crippen molar-refractivity contribution in [1.82, 2.24) is 5.32 Å². The van der Waals surface area contributed by atoms with Crippen molar-refractivity contribution in [3.63, 3.8) is 0 Å². The first-order valence-electron chi connectivity index (χ1n) is 9.86. The van der Waals surface area contributed by atoms with Crippen molar-refractivity contribution in [2.24, 2.45) is 0 Å². The zero-order valence-corrected chi connectivity index (χ0v) is 17.1. The van der Waals surface area contributed by atoms with Crippen molar-refractivity contribution in [2.45, 2.75) is 32.6 Å². The molecule has 1 N–H and O–H groups in total. The van der Waals surface area contributed by atoms with Gasteiger partial charge in [0.05, 0.1) is 5.69 Å². The van der Waals surface area contributed by atoms with Gasteiger partial charge in [-0.05, 0) is 55.8 Å². The largest absolute Gasteiger partial charge is 0.441 e. The zero-order valence-electron chi connectivity index (χ0n) is 16.3. The minimum absolute atomic E-state index is 0.00128. The Morgan fingerprint density at radius 1 is 1.03 bits per heavy atom. The lowest BCUT2D eigenvalue weighted by Crippen LogP contribution is -2.54. The second kappa shape index (κ2) is 8.21. The molecular weight excluding hydrogens is 386 g/mol. The molecule has 2 saturated heterocycles. The molecule has 1 aromatic heterocycles. The number of thiocarbonyl (C=S) groups is 1. The number of anilines is 2. The summed E-state index contributed by atoms with van der Waals surface area (Å²) in [5, 5.41) is 2.69. The third kappa shape index (κ3) is 3.96. The summed E-state index contributed by atoms with van der Waals surface area (Å²) < 4.78 is 5.94. The molecule has 2 fully saturated rings. The Morgan fingerprint density at radius 3 is 2.48 bits per heavy atom. The number of furan rings is 1. The summed E-state index contributed by atoms with van der Waals surface area (Å²) in [4.78, 5) is 29.2. The van der Waals surface area contributed by atoms with E-state index in [4.69, 9.17) is 16.6 Å². The van der Waals surface area contributed by atoms with E-state index in [1.165, 1.54) is 23.8 Å². The molecule has 2 amide bonds. The van der Waals surface area contributed by atoms with Crippen LogP contribution in [-0.2, 0) is 9.59 Å². The van der Waals surface area contributed by atoms with E-state index in [2.05, 4.69) is 10.2 Å². The topological polar surface area (TPSA) is 65.8 Å². The summed E-state index contributed by atoms with van der Waals surface area (Å²) in [7, 11) is 0. The van der Waals surface area contributed by atoms with Crippen LogP contribution in [0.4, 0.5) is 11.6 Å². The van der Waals surface area contributed by atoms with Crippen LogP contribution in [0.3, 0.4) is 0 Å². The summed E-state index contributed by atoms with van der Waals surface area (Å²) in [6.07, 6.45) is 6.24. The fourth-order valence-electron chi connectivity index (χ4n) is 3.71. The molecule has 0 radical (unpaired) electrons. The van der Waals surface area contributed by atoms with E-state index >= 15 is 0 Å². The maximum atomic E-state index is 13.1. The molecule has 0 bridgehead atoms. The fourth-order valence-corrected chi connectivity index (χ4v) is 3.99. The molecule has 0 spiro atoms. The molecule has 29 heavy (non-hydrogen) atoms. The van der Waals surface area contributed by atoms with Crippen LogP contribution in [0, 0.1) is 6.92 Å². The summed E-state index contributed by atoms with van der Waals surface area (Å²) in [6, 6.07) is 11.1. The number of para-hydroxylation sites is 1. The number of aryl methyl sites for hydroxylation is 1. The van der Waals surface area contributed by atoms with Crippen molar-refractivity contribution in [1.29, 1.82) is 0 Å². The van der Waals surface area contributed by atoms with E-state index in [-0.39, 0.29) is 10.7 Å². The molecule has 6 nitrogen and oxygen atoms in total.